The normalized spacial score (nSPS) is 10.1. The highest BCUT2D eigenvalue weighted by Crippen LogP contribution is 2.14. The number of carbonyl (C=O) groups is 2. The molecule has 0 bridgehead atoms. The Bertz CT molecular complexity index is 632. The zero-order chi connectivity index (χ0) is 14.5. The van der Waals surface area contributed by atoms with Crippen molar-refractivity contribution in [3.8, 4) is 0 Å². The molecule has 1 aromatic heterocycles. The summed E-state index contributed by atoms with van der Waals surface area (Å²) in [4.78, 5) is 23.7. The second-order valence-corrected chi connectivity index (χ2v) is 4.33. The van der Waals surface area contributed by atoms with E-state index < -0.39 is 0 Å². The fraction of sp³-hybridized carbons (Fsp3) is 0.200. The van der Waals surface area contributed by atoms with Crippen LogP contribution in [0.2, 0.25) is 0 Å². The molecule has 5 heteroatoms. The summed E-state index contributed by atoms with van der Waals surface area (Å²) in [7, 11) is 0. The number of carbonyl (C=O) groups excluding carboxylic acids is 2. The van der Waals surface area contributed by atoms with Crippen LogP contribution in [0.25, 0.3) is 0 Å². The summed E-state index contributed by atoms with van der Waals surface area (Å²) in [6.07, 6.45) is 1.47. The lowest BCUT2D eigenvalue weighted by Crippen LogP contribution is -2.22. The SMILES string of the molecule is CCNC(=O)c1cccc(NC(=O)c2occc2C)c1. The molecule has 5 nitrogen and oxygen atoms in total. The van der Waals surface area contributed by atoms with E-state index >= 15 is 0 Å². The third-order valence-corrected chi connectivity index (χ3v) is 2.79. The summed E-state index contributed by atoms with van der Waals surface area (Å²) in [5, 5.41) is 5.42. The first-order valence-corrected chi connectivity index (χ1v) is 6.35. The molecule has 0 spiro atoms. The average molecular weight is 272 g/mol. The first-order chi connectivity index (χ1) is 9.61. The van der Waals surface area contributed by atoms with Crippen LogP contribution in [-0.4, -0.2) is 18.4 Å². The maximum atomic E-state index is 12.0. The van der Waals surface area contributed by atoms with Crippen LogP contribution in [0.4, 0.5) is 5.69 Å². The van der Waals surface area contributed by atoms with Gasteiger partial charge in [-0.25, -0.2) is 0 Å². The van der Waals surface area contributed by atoms with E-state index in [4.69, 9.17) is 4.42 Å². The van der Waals surface area contributed by atoms with E-state index in [-0.39, 0.29) is 17.6 Å². The second-order valence-electron chi connectivity index (χ2n) is 4.33. The van der Waals surface area contributed by atoms with Crippen molar-refractivity contribution in [3.63, 3.8) is 0 Å². The Morgan fingerprint density at radius 3 is 2.65 bits per heavy atom. The molecule has 0 saturated heterocycles. The quantitative estimate of drug-likeness (QED) is 0.898. The summed E-state index contributed by atoms with van der Waals surface area (Å²) < 4.78 is 5.12. The Kier molecular flexibility index (Phi) is 4.20. The Morgan fingerprint density at radius 2 is 2.00 bits per heavy atom. The van der Waals surface area contributed by atoms with Crippen LogP contribution in [0, 0.1) is 6.92 Å². The van der Waals surface area contributed by atoms with Gasteiger partial charge in [0.1, 0.15) is 0 Å². The number of furan rings is 1. The van der Waals surface area contributed by atoms with Crippen molar-refractivity contribution in [2.24, 2.45) is 0 Å². The molecule has 1 aromatic carbocycles. The summed E-state index contributed by atoms with van der Waals surface area (Å²) in [6, 6.07) is 8.48. The van der Waals surface area contributed by atoms with Crippen molar-refractivity contribution in [3.05, 3.63) is 53.5 Å². The monoisotopic (exact) mass is 272 g/mol. The molecule has 2 N–H and O–H groups in total. The minimum atomic E-state index is -0.333. The third kappa shape index (κ3) is 3.06. The number of hydrogen-bond acceptors (Lipinski definition) is 3. The molecule has 0 aliphatic carbocycles. The Morgan fingerprint density at radius 1 is 1.20 bits per heavy atom. The molecule has 0 aliphatic rings. The van der Waals surface area contributed by atoms with E-state index in [1.165, 1.54) is 6.26 Å². The molecule has 0 atom stereocenters. The molecular formula is C15H16N2O3. The maximum Gasteiger partial charge on any atom is 0.291 e. The number of hydrogen-bond donors (Lipinski definition) is 2. The van der Waals surface area contributed by atoms with Crippen molar-refractivity contribution in [1.82, 2.24) is 5.32 Å². The predicted molar refractivity (Wildman–Crippen MR) is 75.8 cm³/mol. The number of amides is 2. The first kappa shape index (κ1) is 13.9. The van der Waals surface area contributed by atoms with Gasteiger partial charge in [0.2, 0.25) is 0 Å². The van der Waals surface area contributed by atoms with Gasteiger partial charge < -0.3 is 15.1 Å². The largest absolute Gasteiger partial charge is 0.459 e. The maximum absolute atomic E-state index is 12.0. The van der Waals surface area contributed by atoms with E-state index in [0.717, 1.165) is 5.56 Å². The van der Waals surface area contributed by atoms with Crippen molar-refractivity contribution in [2.75, 3.05) is 11.9 Å². The minimum Gasteiger partial charge on any atom is -0.459 e. The Balaban J connectivity index is 2.14. The molecule has 0 radical (unpaired) electrons. The van der Waals surface area contributed by atoms with Crippen LogP contribution in [0.15, 0.2) is 41.0 Å². The van der Waals surface area contributed by atoms with Gasteiger partial charge in [-0.2, -0.15) is 0 Å². The van der Waals surface area contributed by atoms with Crippen LogP contribution in [0.3, 0.4) is 0 Å². The zero-order valence-electron chi connectivity index (χ0n) is 11.4. The standard InChI is InChI=1S/C15H16N2O3/c1-3-16-14(18)11-5-4-6-12(9-11)17-15(19)13-10(2)7-8-20-13/h4-9H,3H2,1-2H3,(H,16,18)(H,17,19). The predicted octanol–water partition coefficient (Wildman–Crippen LogP) is 2.59. The van der Waals surface area contributed by atoms with E-state index in [2.05, 4.69) is 10.6 Å². The lowest BCUT2D eigenvalue weighted by molar-refractivity contribution is 0.0953. The lowest BCUT2D eigenvalue weighted by Gasteiger charge is -2.07. The van der Waals surface area contributed by atoms with Gasteiger partial charge in [0.25, 0.3) is 11.8 Å². The highest BCUT2D eigenvalue weighted by atomic mass is 16.3. The van der Waals surface area contributed by atoms with Crippen molar-refractivity contribution >= 4 is 17.5 Å². The van der Waals surface area contributed by atoms with Gasteiger partial charge in [0, 0.05) is 23.4 Å². The van der Waals surface area contributed by atoms with Gasteiger partial charge in [-0.1, -0.05) is 6.07 Å². The summed E-state index contributed by atoms with van der Waals surface area (Å²) in [6.45, 7) is 4.20. The summed E-state index contributed by atoms with van der Waals surface area (Å²) >= 11 is 0. The van der Waals surface area contributed by atoms with Crippen LogP contribution in [-0.2, 0) is 0 Å². The molecule has 2 amide bonds. The fourth-order valence-electron chi connectivity index (χ4n) is 1.79. The Labute approximate surface area is 117 Å². The van der Waals surface area contributed by atoms with E-state index in [1.54, 1.807) is 37.3 Å². The van der Waals surface area contributed by atoms with Gasteiger partial charge in [-0.3, -0.25) is 9.59 Å². The van der Waals surface area contributed by atoms with Crippen molar-refractivity contribution < 1.29 is 14.0 Å². The number of benzene rings is 1. The van der Waals surface area contributed by atoms with Crippen LogP contribution >= 0.6 is 0 Å². The number of aryl methyl sites for hydroxylation is 1. The highest BCUT2D eigenvalue weighted by Gasteiger charge is 2.13. The molecule has 1 heterocycles. The fourth-order valence-corrected chi connectivity index (χ4v) is 1.79. The molecule has 104 valence electrons. The number of nitrogens with one attached hydrogen (secondary N) is 2. The summed E-state index contributed by atoms with van der Waals surface area (Å²) in [5.74, 6) is -0.230. The van der Waals surface area contributed by atoms with Crippen LogP contribution < -0.4 is 10.6 Å². The third-order valence-electron chi connectivity index (χ3n) is 2.79. The lowest BCUT2D eigenvalue weighted by atomic mass is 10.2. The molecule has 0 saturated carbocycles. The minimum absolute atomic E-state index is 0.169. The van der Waals surface area contributed by atoms with Crippen LogP contribution in [0.1, 0.15) is 33.4 Å². The van der Waals surface area contributed by atoms with Gasteiger partial charge in [0.05, 0.1) is 6.26 Å². The highest BCUT2D eigenvalue weighted by molar-refractivity contribution is 6.04. The number of rotatable bonds is 4. The van der Waals surface area contributed by atoms with Crippen molar-refractivity contribution in [1.29, 1.82) is 0 Å². The van der Waals surface area contributed by atoms with Gasteiger partial charge >= 0.3 is 0 Å². The number of anilines is 1. The first-order valence-electron chi connectivity index (χ1n) is 6.35. The summed E-state index contributed by atoms with van der Waals surface area (Å²) in [5.41, 5.74) is 1.82. The molecule has 0 aliphatic heterocycles. The second kappa shape index (κ2) is 6.06. The molecule has 2 rings (SSSR count). The topological polar surface area (TPSA) is 71.3 Å². The van der Waals surface area contributed by atoms with Gasteiger partial charge in [-0.15, -0.1) is 0 Å². The smallest absolute Gasteiger partial charge is 0.291 e. The molecular weight excluding hydrogens is 256 g/mol. The van der Waals surface area contributed by atoms with E-state index in [9.17, 15) is 9.59 Å². The molecule has 0 unspecified atom stereocenters. The molecule has 20 heavy (non-hydrogen) atoms. The molecule has 2 aromatic rings. The molecule has 0 fully saturated rings. The van der Waals surface area contributed by atoms with E-state index in [0.29, 0.717) is 17.8 Å². The Hall–Kier alpha value is -2.56. The van der Waals surface area contributed by atoms with E-state index in [1.807, 2.05) is 6.92 Å². The zero-order valence-corrected chi connectivity index (χ0v) is 11.4. The van der Waals surface area contributed by atoms with Gasteiger partial charge in [0.15, 0.2) is 5.76 Å². The van der Waals surface area contributed by atoms with Gasteiger partial charge in [-0.05, 0) is 38.1 Å². The average Bonchev–Trinajstić information content (AvgIpc) is 2.85. The van der Waals surface area contributed by atoms with Crippen LogP contribution in [0.5, 0.6) is 0 Å². The van der Waals surface area contributed by atoms with Crippen molar-refractivity contribution in [2.45, 2.75) is 13.8 Å².